The lowest BCUT2D eigenvalue weighted by atomic mass is 10.0. The van der Waals surface area contributed by atoms with Crippen LogP contribution in [0.4, 0.5) is 5.69 Å². The second-order valence-electron chi connectivity index (χ2n) is 7.36. The Balaban J connectivity index is 1.80. The number of amides is 2. The first-order chi connectivity index (χ1) is 16.0. The van der Waals surface area contributed by atoms with Gasteiger partial charge in [0.25, 0.3) is 11.8 Å². The Kier molecular flexibility index (Phi) is 6.31. The fraction of sp³-hybridized carbons (Fsp3) is 0.154. The third-order valence-electron chi connectivity index (χ3n) is 5.35. The third-order valence-corrected chi connectivity index (χ3v) is 5.35. The quantitative estimate of drug-likeness (QED) is 0.527. The average Bonchev–Trinajstić information content (AvgIpc) is 3.08. The predicted octanol–water partition coefficient (Wildman–Crippen LogP) is 4.10. The molecule has 2 amide bonds. The number of carbonyl (C=O) groups is 2. The van der Waals surface area contributed by atoms with Crippen molar-refractivity contribution >= 4 is 23.1 Å². The van der Waals surface area contributed by atoms with E-state index < -0.39 is 11.8 Å². The molecule has 0 radical (unpaired) electrons. The minimum Gasteiger partial charge on any atom is -0.497 e. The fourth-order valence-electron chi connectivity index (χ4n) is 3.73. The smallest absolute Gasteiger partial charge is 0.278 e. The Morgan fingerprint density at radius 1 is 0.758 bits per heavy atom. The molecule has 0 aliphatic carbocycles. The monoisotopic (exact) mass is 444 g/mol. The number of para-hydroxylation sites is 1. The van der Waals surface area contributed by atoms with E-state index in [1.807, 2.05) is 36.4 Å². The molecule has 0 saturated heterocycles. The maximum absolute atomic E-state index is 13.5. The van der Waals surface area contributed by atoms with Crippen LogP contribution in [0, 0.1) is 0 Å². The lowest BCUT2D eigenvalue weighted by molar-refractivity contribution is -0.137. The Morgan fingerprint density at radius 2 is 1.39 bits per heavy atom. The normalized spacial score (nSPS) is 13.4. The zero-order chi connectivity index (χ0) is 23.4. The van der Waals surface area contributed by atoms with Crippen LogP contribution in [0.2, 0.25) is 0 Å². The maximum Gasteiger partial charge on any atom is 0.278 e. The highest BCUT2D eigenvalue weighted by Gasteiger charge is 2.40. The molecule has 0 saturated carbocycles. The summed E-state index contributed by atoms with van der Waals surface area (Å²) < 4.78 is 16.2. The summed E-state index contributed by atoms with van der Waals surface area (Å²) in [5.74, 6) is 0.776. The molecular formula is C26H24N2O5. The van der Waals surface area contributed by atoms with Gasteiger partial charge in [0.05, 0.1) is 33.4 Å². The molecule has 1 aliphatic heterocycles. The minimum absolute atomic E-state index is 0.157. The summed E-state index contributed by atoms with van der Waals surface area (Å²) in [5.41, 5.74) is 2.34. The molecule has 7 heteroatoms. The summed E-state index contributed by atoms with van der Waals surface area (Å²) in [5, 5.41) is 3.14. The number of carbonyl (C=O) groups excluding carboxylic acids is 2. The van der Waals surface area contributed by atoms with E-state index in [9.17, 15) is 9.59 Å². The minimum atomic E-state index is -0.424. The summed E-state index contributed by atoms with van der Waals surface area (Å²) in [6.07, 6.45) is 0. The molecule has 3 aromatic carbocycles. The van der Waals surface area contributed by atoms with Crippen molar-refractivity contribution < 1.29 is 23.8 Å². The van der Waals surface area contributed by atoms with Gasteiger partial charge in [-0.15, -0.1) is 0 Å². The Labute approximate surface area is 192 Å². The number of methoxy groups -OCH3 is 3. The number of benzene rings is 3. The second kappa shape index (κ2) is 9.48. The van der Waals surface area contributed by atoms with Gasteiger partial charge < -0.3 is 19.5 Å². The van der Waals surface area contributed by atoms with Crippen molar-refractivity contribution in [2.75, 3.05) is 26.6 Å². The van der Waals surface area contributed by atoms with Crippen molar-refractivity contribution in [1.82, 2.24) is 4.90 Å². The molecule has 168 valence electrons. The Bertz CT molecular complexity index is 1200. The lowest BCUT2D eigenvalue weighted by Gasteiger charge is -2.16. The standard InChI is InChI=1S/C26H24N2O5/c1-31-19-13-18(14-20(15-19)32-2)27-24-23(21-11-7-8-12-22(21)33-3)25(29)28(26(24)30)16-17-9-5-4-6-10-17/h4-15,27H,16H2,1-3H3. The molecule has 0 unspecified atom stereocenters. The van der Waals surface area contributed by atoms with Crippen LogP contribution in [0.5, 0.6) is 17.2 Å². The maximum atomic E-state index is 13.5. The van der Waals surface area contributed by atoms with E-state index >= 15 is 0 Å². The number of nitrogens with zero attached hydrogens (tertiary/aromatic N) is 1. The first-order valence-corrected chi connectivity index (χ1v) is 10.3. The zero-order valence-electron chi connectivity index (χ0n) is 18.6. The van der Waals surface area contributed by atoms with Gasteiger partial charge in [-0.05, 0) is 11.6 Å². The summed E-state index contributed by atoms with van der Waals surface area (Å²) in [6.45, 7) is 0.157. The van der Waals surface area contributed by atoms with E-state index in [4.69, 9.17) is 14.2 Å². The molecule has 1 N–H and O–H groups in total. The average molecular weight is 444 g/mol. The number of hydrogen-bond acceptors (Lipinski definition) is 6. The van der Waals surface area contributed by atoms with Crippen LogP contribution < -0.4 is 19.5 Å². The summed E-state index contributed by atoms with van der Waals surface area (Å²) >= 11 is 0. The largest absolute Gasteiger partial charge is 0.497 e. The van der Waals surface area contributed by atoms with Crippen molar-refractivity contribution in [2.24, 2.45) is 0 Å². The highest BCUT2D eigenvalue weighted by atomic mass is 16.5. The molecule has 33 heavy (non-hydrogen) atoms. The van der Waals surface area contributed by atoms with Gasteiger partial charge in [-0.3, -0.25) is 14.5 Å². The van der Waals surface area contributed by atoms with E-state index in [1.54, 1.807) is 50.6 Å². The van der Waals surface area contributed by atoms with Gasteiger partial charge in [0.15, 0.2) is 0 Å². The summed E-state index contributed by atoms with van der Waals surface area (Å²) in [4.78, 5) is 28.3. The van der Waals surface area contributed by atoms with Gasteiger partial charge in [-0.2, -0.15) is 0 Å². The van der Waals surface area contributed by atoms with Crippen molar-refractivity contribution in [3.05, 3.63) is 89.6 Å². The number of imide groups is 1. The Hall–Kier alpha value is -4.26. The van der Waals surface area contributed by atoms with Gasteiger partial charge in [-0.25, -0.2) is 0 Å². The van der Waals surface area contributed by atoms with Crippen LogP contribution in [0.1, 0.15) is 11.1 Å². The molecule has 7 nitrogen and oxygen atoms in total. The van der Waals surface area contributed by atoms with Gasteiger partial charge in [-0.1, -0.05) is 48.5 Å². The fourth-order valence-corrected chi connectivity index (χ4v) is 3.73. The van der Waals surface area contributed by atoms with E-state index in [0.29, 0.717) is 28.5 Å². The number of rotatable bonds is 8. The van der Waals surface area contributed by atoms with Crippen LogP contribution in [-0.2, 0) is 16.1 Å². The van der Waals surface area contributed by atoms with Crippen molar-refractivity contribution in [3.63, 3.8) is 0 Å². The number of anilines is 1. The molecule has 3 aromatic rings. The van der Waals surface area contributed by atoms with Gasteiger partial charge in [0.1, 0.15) is 22.9 Å². The number of ether oxygens (including phenoxy) is 3. The third kappa shape index (κ3) is 4.39. The number of nitrogens with one attached hydrogen (secondary N) is 1. The molecule has 0 aromatic heterocycles. The van der Waals surface area contributed by atoms with Gasteiger partial charge in [0.2, 0.25) is 0 Å². The van der Waals surface area contributed by atoms with Crippen molar-refractivity contribution in [3.8, 4) is 17.2 Å². The van der Waals surface area contributed by atoms with E-state index in [2.05, 4.69) is 5.32 Å². The lowest BCUT2D eigenvalue weighted by Crippen LogP contribution is -2.32. The first kappa shape index (κ1) is 22.0. The first-order valence-electron chi connectivity index (χ1n) is 10.3. The van der Waals surface area contributed by atoms with Crippen molar-refractivity contribution in [2.45, 2.75) is 6.54 Å². The Morgan fingerprint density at radius 3 is 2.03 bits per heavy atom. The van der Waals surface area contributed by atoms with Crippen LogP contribution in [0.25, 0.3) is 5.57 Å². The molecule has 0 spiro atoms. The highest BCUT2D eigenvalue weighted by molar-refractivity contribution is 6.37. The van der Waals surface area contributed by atoms with Crippen LogP contribution >= 0.6 is 0 Å². The molecule has 0 atom stereocenters. The van der Waals surface area contributed by atoms with Crippen molar-refractivity contribution in [1.29, 1.82) is 0 Å². The SMILES string of the molecule is COc1cc(NC2=C(c3ccccc3OC)C(=O)N(Cc3ccccc3)C2=O)cc(OC)c1. The summed E-state index contributed by atoms with van der Waals surface area (Å²) in [7, 11) is 4.62. The van der Waals surface area contributed by atoms with Crippen LogP contribution in [-0.4, -0.2) is 38.0 Å². The number of hydrogen-bond donors (Lipinski definition) is 1. The molecular weight excluding hydrogens is 420 g/mol. The molecule has 0 fully saturated rings. The summed E-state index contributed by atoms with van der Waals surface area (Å²) in [6, 6.07) is 21.7. The predicted molar refractivity (Wildman–Crippen MR) is 125 cm³/mol. The van der Waals surface area contributed by atoms with Crippen LogP contribution in [0.3, 0.4) is 0 Å². The second-order valence-corrected chi connectivity index (χ2v) is 7.36. The highest BCUT2D eigenvalue weighted by Crippen LogP contribution is 2.37. The van der Waals surface area contributed by atoms with Crippen LogP contribution in [0.15, 0.2) is 78.5 Å². The van der Waals surface area contributed by atoms with Gasteiger partial charge in [0, 0.05) is 29.4 Å². The van der Waals surface area contributed by atoms with E-state index in [-0.39, 0.29) is 17.8 Å². The molecule has 0 bridgehead atoms. The zero-order valence-corrected chi connectivity index (χ0v) is 18.6. The molecule has 1 aliphatic rings. The van der Waals surface area contributed by atoms with E-state index in [0.717, 1.165) is 5.56 Å². The topological polar surface area (TPSA) is 77.1 Å². The van der Waals surface area contributed by atoms with E-state index in [1.165, 1.54) is 12.0 Å². The molecule has 4 rings (SSSR count). The molecule has 1 heterocycles. The van der Waals surface area contributed by atoms with Gasteiger partial charge >= 0.3 is 0 Å².